The van der Waals surface area contributed by atoms with Gasteiger partial charge in [0.2, 0.25) is 0 Å². The van der Waals surface area contributed by atoms with Crippen molar-refractivity contribution in [3.63, 3.8) is 0 Å². The van der Waals surface area contributed by atoms with Gasteiger partial charge < -0.3 is 20.3 Å². The van der Waals surface area contributed by atoms with Gasteiger partial charge in [-0.15, -0.1) is 0 Å². The minimum Gasteiger partial charge on any atom is -0.472 e. The molecule has 1 saturated heterocycles. The molecule has 0 bridgehead atoms. The molecule has 2 rings (SSSR count). The monoisotopic (exact) mass is 303 g/mol. The van der Waals surface area contributed by atoms with E-state index in [-0.39, 0.29) is 12.8 Å². The fourth-order valence-corrected chi connectivity index (χ4v) is 2.21. The molecule has 1 aromatic carbocycles. The SMILES string of the molecule is O=C(NCOc1ccc(Cl)cc1Cl)N1CCNCC1. The van der Waals surface area contributed by atoms with Gasteiger partial charge >= 0.3 is 6.03 Å². The lowest BCUT2D eigenvalue weighted by molar-refractivity contribution is 0.178. The Hall–Kier alpha value is -1.17. The number of piperazine rings is 1. The summed E-state index contributed by atoms with van der Waals surface area (Å²) in [5, 5.41) is 6.83. The van der Waals surface area contributed by atoms with Gasteiger partial charge in [0.05, 0.1) is 5.02 Å². The lowest BCUT2D eigenvalue weighted by Gasteiger charge is -2.27. The Morgan fingerprint density at radius 1 is 1.37 bits per heavy atom. The van der Waals surface area contributed by atoms with Crippen molar-refractivity contribution in [2.75, 3.05) is 32.9 Å². The Morgan fingerprint density at radius 3 is 2.79 bits per heavy atom. The van der Waals surface area contributed by atoms with Crippen LogP contribution in [0.25, 0.3) is 0 Å². The zero-order valence-corrected chi connectivity index (χ0v) is 11.8. The first-order valence-electron chi connectivity index (χ1n) is 5.98. The number of hydrogen-bond acceptors (Lipinski definition) is 3. The summed E-state index contributed by atoms with van der Waals surface area (Å²) in [6.07, 6.45) is 0. The summed E-state index contributed by atoms with van der Waals surface area (Å²) >= 11 is 11.7. The van der Waals surface area contributed by atoms with Crippen LogP contribution in [0.3, 0.4) is 0 Å². The number of carbonyl (C=O) groups is 1. The second-order valence-corrected chi connectivity index (χ2v) is 4.93. The number of ether oxygens (including phenoxy) is 1. The van der Waals surface area contributed by atoms with Crippen LogP contribution in [0.1, 0.15) is 0 Å². The summed E-state index contributed by atoms with van der Waals surface area (Å²) < 4.78 is 5.39. The van der Waals surface area contributed by atoms with Crippen molar-refractivity contribution in [1.82, 2.24) is 15.5 Å². The Labute approximate surface area is 121 Å². The number of urea groups is 1. The highest BCUT2D eigenvalue weighted by molar-refractivity contribution is 6.35. The predicted octanol–water partition coefficient (Wildman–Crippen LogP) is 1.94. The summed E-state index contributed by atoms with van der Waals surface area (Å²) in [6.45, 7) is 3.11. The average Bonchev–Trinajstić information content (AvgIpc) is 2.42. The van der Waals surface area contributed by atoms with E-state index in [0.29, 0.717) is 28.9 Å². The van der Waals surface area contributed by atoms with Crippen molar-refractivity contribution in [2.24, 2.45) is 0 Å². The maximum absolute atomic E-state index is 11.8. The Kier molecular flexibility index (Phi) is 5.13. The molecular weight excluding hydrogens is 289 g/mol. The molecule has 0 aromatic heterocycles. The zero-order chi connectivity index (χ0) is 13.7. The maximum Gasteiger partial charge on any atom is 0.320 e. The van der Waals surface area contributed by atoms with Crippen LogP contribution >= 0.6 is 23.2 Å². The molecule has 2 amide bonds. The molecule has 1 heterocycles. The van der Waals surface area contributed by atoms with Crippen LogP contribution in [-0.2, 0) is 0 Å². The third-order valence-corrected chi connectivity index (χ3v) is 3.28. The van der Waals surface area contributed by atoms with Gasteiger partial charge in [-0.25, -0.2) is 4.79 Å². The number of nitrogens with zero attached hydrogens (tertiary/aromatic N) is 1. The van der Waals surface area contributed by atoms with Crippen LogP contribution in [0.5, 0.6) is 5.75 Å². The second-order valence-electron chi connectivity index (χ2n) is 4.08. The highest BCUT2D eigenvalue weighted by Crippen LogP contribution is 2.27. The number of rotatable bonds is 3. The molecule has 2 N–H and O–H groups in total. The summed E-state index contributed by atoms with van der Waals surface area (Å²) in [5.74, 6) is 0.492. The summed E-state index contributed by atoms with van der Waals surface area (Å²) in [5.41, 5.74) is 0. The fraction of sp³-hybridized carbons (Fsp3) is 0.417. The molecule has 5 nitrogen and oxygen atoms in total. The van der Waals surface area contributed by atoms with Crippen molar-refractivity contribution in [3.8, 4) is 5.75 Å². The van der Waals surface area contributed by atoms with Crippen molar-refractivity contribution >= 4 is 29.2 Å². The molecule has 1 aliphatic heterocycles. The number of carbonyl (C=O) groups excluding carboxylic acids is 1. The molecule has 0 radical (unpaired) electrons. The van der Waals surface area contributed by atoms with Gasteiger partial charge in [-0.3, -0.25) is 0 Å². The van der Waals surface area contributed by atoms with E-state index in [9.17, 15) is 4.79 Å². The van der Waals surface area contributed by atoms with Gasteiger partial charge in [0, 0.05) is 31.2 Å². The van der Waals surface area contributed by atoms with Crippen molar-refractivity contribution in [1.29, 1.82) is 0 Å². The van der Waals surface area contributed by atoms with Gasteiger partial charge in [0.1, 0.15) is 5.75 Å². The van der Waals surface area contributed by atoms with Crippen molar-refractivity contribution < 1.29 is 9.53 Å². The van der Waals surface area contributed by atoms with Crippen LogP contribution in [-0.4, -0.2) is 43.8 Å². The smallest absolute Gasteiger partial charge is 0.320 e. The number of benzene rings is 1. The van der Waals surface area contributed by atoms with Gasteiger partial charge in [-0.1, -0.05) is 23.2 Å². The minimum absolute atomic E-state index is 0.0735. The van der Waals surface area contributed by atoms with E-state index in [0.717, 1.165) is 13.1 Å². The van der Waals surface area contributed by atoms with E-state index in [2.05, 4.69) is 10.6 Å². The first kappa shape index (κ1) is 14.2. The average molecular weight is 304 g/mol. The molecule has 0 atom stereocenters. The summed E-state index contributed by atoms with van der Waals surface area (Å²) in [7, 11) is 0. The summed E-state index contributed by atoms with van der Waals surface area (Å²) in [6, 6.07) is 4.81. The highest BCUT2D eigenvalue weighted by Gasteiger charge is 2.15. The van der Waals surface area contributed by atoms with Gasteiger partial charge in [-0.2, -0.15) is 0 Å². The van der Waals surface area contributed by atoms with E-state index >= 15 is 0 Å². The molecule has 7 heteroatoms. The normalized spacial score (nSPS) is 15.2. The fourth-order valence-electron chi connectivity index (χ4n) is 1.75. The molecule has 0 unspecified atom stereocenters. The van der Waals surface area contributed by atoms with E-state index in [1.165, 1.54) is 0 Å². The second kappa shape index (κ2) is 6.84. The van der Waals surface area contributed by atoms with E-state index in [1.807, 2.05) is 0 Å². The lowest BCUT2D eigenvalue weighted by Crippen LogP contribution is -2.50. The van der Waals surface area contributed by atoms with Gasteiger partial charge in [0.25, 0.3) is 0 Å². The van der Waals surface area contributed by atoms with E-state index in [4.69, 9.17) is 27.9 Å². The van der Waals surface area contributed by atoms with E-state index in [1.54, 1.807) is 23.1 Å². The first-order valence-corrected chi connectivity index (χ1v) is 6.74. The zero-order valence-electron chi connectivity index (χ0n) is 10.3. The molecule has 1 aromatic rings. The Balaban J connectivity index is 1.78. The van der Waals surface area contributed by atoms with Crippen molar-refractivity contribution in [3.05, 3.63) is 28.2 Å². The molecule has 1 aliphatic rings. The molecule has 0 spiro atoms. The molecule has 0 saturated carbocycles. The largest absolute Gasteiger partial charge is 0.472 e. The third kappa shape index (κ3) is 4.16. The molecule has 1 fully saturated rings. The molecule has 0 aliphatic carbocycles. The third-order valence-electron chi connectivity index (χ3n) is 2.75. The standard InChI is InChI=1S/C12H15Cl2N3O2/c13-9-1-2-11(10(14)7-9)19-8-16-12(18)17-5-3-15-4-6-17/h1-2,7,15H,3-6,8H2,(H,16,18). The van der Waals surface area contributed by atoms with Crippen molar-refractivity contribution in [2.45, 2.75) is 0 Å². The van der Waals surface area contributed by atoms with Gasteiger partial charge in [-0.05, 0) is 18.2 Å². The number of nitrogens with one attached hydrogen (secondary N) is 2. The Bertz CT molecular complexity index is 451. The number of amides is 2. The maximum atomic E-state index is 11.8. The molecule has 19 heavy (non-hydrogen) atoms. The van der Waals surface area contributed by atoms with Crippen LogP contribution < -0.4 is 15.4 Å². The molecular formula is C12H15Cl2N3O2. The van der Waals surface area contributed by atoms with Crippen LogP contribution in [0.15, 0.2) is 18.2 Å². The quantitative estimate of drug-likeness (QED) is 0.839. The number of halogens is 2. The minimum atomic E-state index is -0.133. The summed E-state index contributed by atoms with van der Waals surface area (Å²) in [4.78, 5) is 13.5. The van der Waals surface area contributed by atoms with Crippen LogP contribution in [0.4, 0.5) is 4.79 Å². The van der Waals surface area contributed by atoms with Crippen LogP contribution in [0.2, 0.25) is 10.0 Å². The van der Waals surface area contributed by atoms with E-state index < -0.39 is 0 Å². The Morgan fingerprint density at radius 2 is 2.11 bits per heavy atom. The highest BCUT2D eigenvalue weighted by atomic mass is 35.5. The van der Waals surface area contributed by atoms with Gasteiger partial charge in [0.15, 0.2) is 6.73 Å². The number of hydrogen-bond donors (Lipinski definition) is 2. The lowest BCUT2D eigenvalue weighted by atomic mass is 10.3. The molecule has 104 valence electrons. The predicted molar refractivity (Wildman–Crippen MR) is 74.9 cm³/mol. The van der Waals surface area contributed by atoms with Crippen LogP contribution in [0, 0.1) is 0 Å². The topological polar surface area (TPSA) is 53.6 Å². The first-order chi connectivity index (χ1) is 9.16.